The van der Waals surface area contributed by atoms with Crippen molar-refractivity contribution in [2.24, 2.45) is 0 Å². The van der Waals surface area contributed by atoms with Crippen LogP contribution in [0.5, 0.6) is 0 Å². The molecule has 0 aliphatic carbocycles. The second-order valence-corrected chi connectivity index (χ2v) is 4.36. The van der Waals surface area contributed by atoms with Gasteiger partial charge in [-0.2, -0.15) is 0 Å². The van der Waals surface area contributed by atoms with Crippen molar-refractivity contribution in [3.8, 4) is 0 Å². The molecule has 1 heterocycles. The molecule has 1 aromatic heterocycles. The summed E-state index contributed by atoms with van der Waals surface area (Å²) < 4.78 is 1.53. The zero-order valence-corrected chi connectivity index (χ0v) is 11.2. The van der Waals surface area contributed by atoms with Gasteiger partial charge in [-0.05, 0) is 19.3 Å². The van der Waals surface area contributed by atoms with Gasteiger partial charge in [0.15, 0.2) is 5.69 Å². The highest BCUT2D eigenvalue weighted by atomic mass is 16.4. The van der Waals surface area contributed by atoms with E-state index in [-0.39, 0.29) is 18.0 Å². The molecule has 0 aromatic carbocycles. The van der Waals surface area contributed by atoms with Crippen molar-refractivity contribution in [3.63, 3.8) is 0 Å². The van der Waals surface area contributed by atoms with Crippen molar-refractivity contribution < 1.29 is 19.8 Å². The number of aryl methyl sites for hydroxylation is 1. The summed E-state index contributed by atoms with van der Waals surface area (Å²) >= 11 is 0. The first-order valence-corrected chi connectivity index (χ1v) is 6.39. The van der Waals surface area contributed by atoms with E-state index < -0.39 is 11.9 Å². The molecule has 7 nitrogen and oxygen atoms in total. The predicted octanol–water partition coefficient (Wildman–Crippen LogP) is 1.74. The molecule has 0 saturated carbocycles. The minimum atomic E-state index is -1.09. The fourth-order valence-corrected chi connectivity index (χ4v) is 2.10. The third kappa shape index (κ3) is 3.77. The number of nitrogens with zero attached hydrogens (tertiary/aromatic N) is 3. The van der Waals surface area contributed by atoms with Crippen LogP contribution in [-0.4, -0.2) is 37.1 Å². The van der Waals surface area contributed by atoms with E-state index in [1.165, 1.54) is 4.68 Å². The molecule has 1 rings (SSSR count). The molecule has 0 amide bonds. The minimum absolute atomic E-state index is 0.0241. The van der Waals surface area contributed by atoms with Crippen molar-refractivity contribution in [1.29, 1.82) is 0 Å². The van der Waals surface area contributed by atoms with Gasteiger partial charge >= 0.3 is 11.9 Å². The second kappa shape index (κ2) is 6.86. The Labute approximate surface area is 111 Å². The molecule has 0 aliphatic rings. The molecule has 2 N–H and O–H groups in total. The Balaban J connectivity index is 2.97. The first-order chi connectivity index (χ1) is 9.01. The van der Waals surface area contributed by atoms with Gasteiger partial charge in [0.1, 0.15) is 0 Å². The van der Waals surface area contributed by atoms with Gasteiger partial charge in [-0.1, -0.05) is 19.1 Å². The number of aromatic nitrogens is 3. The lowest BCUT2D eigenvalue weighted by Gasteiger charge is -2.14. The summed E-state index contributed by atoms with van der Waals surface area (Å²) in [6.45, 7) is 4.33. The summed E-state index contributed by atoms with van der Waals surface area (Å²) in [6.07, 6.45) is 2.03. The molecule has 0 atom stereocenters. The highest BCUT2D eigenvalue weighted by Gasteiger charge is 2.24. The Morgan fingerprint density at radius 1 is 1.26 bits per heavy atom. The Bertz CT molecular complexity index is 452. The van der Waals surface area contributed by atoms with Gasteiger partial charge in [0, 0.05) is 18.9 Å². The van der Waals surface area contributed by atoms with Gasteiger partial charge < -0.3 is 10.2 Å². The number of hydrogen-bond acceptors (Lipinski definition) is 4. The zero-order valence-electron chi connectivity index (χ0n) is 11.2. The number of hydrogen-bond donors (Lipinski definition) is 2. The van der Waals surface area contributed by atoms with Crippen LogP contribution in [0.4, 0.5) is 0 Å². The van der Waals surface area contributed by atoms with Crippen LogP contribution in [0.25, 0.3) is 0 Å². The Hall–Kier alpha value is -1.92. The molecule has 19 heavy (non-hydrogen) atoms. The first-order valence-electron chi connectivity index (χ1n) is 6.39. The van der Waals surface area contributed by atoms with Gasteiger partial charge in [-0.15, -0.1) is 5.10 Å². The van der Waals surface area contributed by atoms with E-state index in [0.717, 1.165) is 12.8 Å². The van der Waals surface area contributed by atoms with Gasteiger partial charge in [-0.25, -0.2) is 9.48 Å². The Kier molecular flexibility index (Phi) is 5.47. The summed E-state index contributed by atoms with van der Waals surface area (Å²) in [7, 11) is 0. The van der Waals surface area contributed by atoms with Gasteiger partial charge in [0.2, 0.25) is 0 Å². The third-order valence-corrected chi connectivity index (χ3v) is 3.11. The van der Waals surface area contributed by atoms with E-state index in [9.17, 15) is 9.59 Å². The van der Waals surface area contributed by atoms with E-state index in [2.05, 4.69) is 10.3 Å². The number of carboxylic acids is 2. The van der Waals surface area contributed by atoms with E-state index in [1.54, 1.807) is 0 Å². The molecule has 0 fully saturated rings. The summed E-state index contributed by atoms with van der Waals surface area (Å²) in [6, 6.07) is 0. The van der Waals surface area contributed by atoms with Crippen LogP contribution in [0.3, 0.4) is 0 Å². The van der Waals surface area contributed by atoms with Crippen LogP contribution in [0.1, 0.15) is 61.6 Å². The number of aromatic carboxylic acids is 1. The van der Waals surface area contributed by atoms with Crippen LogP contribution >= 0.6 is 0 Å². The molecule has 0 aliphatic heterocycles. The highest BCUT2D eigenvalue weighted by Crippen LogP contribution is 2.25. The van der Waals surface area contributed by atoms with Crippen LogP contribution in [0, 0.1) is 0 Å². The number of aliphatic carboxylic acids is 1. The highest BCUT2D eigenvalue weighted by molar-refractivity contribution is 5.86. The van der Waals surface area contributed by atoms with Gasteiger partial charge in [0.05, 0.1) is 5.69 Å². The smallest absolute Gasteiger partial charge is 0.358 e. The lowest BCUT2D eigenvalue weighted by molar-refractivity contribution is -0.137. The van der Waals surface area contributed by atoms with Crippen LogP contribution in [0.15, 0.2) is 0 Å². The summed E-state index contributed by atoms with van der Waals surface area (Å²) in [5.41, 5.74) is 0.576. The SMILES string of the molecule is CCC(CC)c1c(C(=O)O)nnn1CCCC(=O)O. The third-order valence-electron chi connectivity index (χ3n) is 3.11. The molecule has 0 bridgehead atoms. The van der Waals surface area contributed by atoms with Crippen LogP contribution in [-0.2, 0) is 11.3 Å². The zero-order chi connectivity index (χ0) is 14.4. The quantitative estimate of drug-likeness (QED) is 0.744. The monoisotopic (exact) mass is 269 g/mol. The molecule has 0 spiro atoms. The molecule has 0 unspecified atom stereocenters. The maximum atomic E-state index is 11.1. The van der Waals surface area contributed by atoms with Crippen molar-refractivity contribution in [2.45, 2.75) is 52.0 Å². The molecule has 106 valence electrons. The van der Waals surface area contributed by atoms with Crippen molar-refractivity contribution in [1.82, 2.24) is 15.0 Å². The Morgan fingerprint density at radius 3 is 2.37 bits per heavy atom. The lowest BCUT2D eigenvalue weighted by atomic mass is 9.97. The molecule has 1 aromatic rings. The average Bonchev–Trinajstić information content (AvgIpc) is 2.75. The largest absolute Gasteiger partial charge is 0.481 e. The first kappa shape index (κ1) is 15.1. The van der Waals surface area contributed by atoms with Crippen molar-refractivity contribution in [2.75, 3.05) is 0 Å². The molecule has 0 radical (unpaired) electrons. The lowest BCUT2D eigenvalue weighted by Crippen LogP contribution is -2.13. The fourth-order valence-electron chi connectivity index (χ4n) is 2.10. The summed E-state index contributed by atoms with van der Waals surface area (Å²) in [4.78, 5) is 21.6. The summed E-state index contributed by atoms with van der Waals surface area (Å²) in [5, 5.41) is 25.3. The van der Waals surface area contributed by atoms with Gasteiger partial charge in [-0.3, -0.25) is 4.79 Å². The molecular weight excluding hydrogens is 250 g/mol. The van der Waals surface area contributed by atoms with E-state index in [1.807, 2.05) is 13.8 Å². The normalized spacial score (nSPS) is 10.9. The predicted molar refractivity (Wildman–Crippen MR) is 67.2 cm³/mol. The number of carbonyl (C=O) groups is 2. The fraction of sp³-hybridized carbons (Fsp3) is 0.667. The van der Waals surface area contributed by atoms with Crippen molar-refractivity contribution in [3.05, 3.63) is 11.4 Å². The number of rotatable bonds is 8. The molecular formula is C12H19N3O4. The Morgan fingerprint density at radius 2 is 1.89 bits per heavy atom. The summed E-state index contributed by atoms with van der Waals surface area (Å²) in [5.74, 6) is -1.89. The van der Waals surface area contributed by atoms with Crippen molar-refractivity contribution >= 4 is 11.9 Å². The second-order valence-electron chi connectivity index (χ2n) is 4.36. The minimum Gasteiger partial charge on any atom is -0.481 e. The van der Waals surface area contributed by atoms with E-state index in [4.69, 9.17) is 10.2 Å². The van der Waals surface area contributed by atoms with Crippen LogP contribution < -0.4 is 0 Å². The van der Waals surface area contributed by atoms with Crippen LogP contribution in [0.2, 0.25) is 0 Å². The maximum Gasteiger partial charge on any atom is 0.358 e. The van der Waals surface area contributed by atoms with E-state index >= 15 is 0 Å². The topological polar surface area (TPSA) is 105 Å². The molecule has 0 saturated heterocycles. The molecule has 7 heteroatoms. The standard InChI is InChI=1S/C12H19N3O4/c1-3-8(4-2)11-10(12(18)19)13-14-15(11)7-5-6-9(16)17/h8H,3-7H2,1-2H3,(H,16,17)(H,18,19). The van der Waals surface area contributed by atoms with Gasteiger partial charge in [0.25, 0.3) is 0 Å². The number of carboxylic acid groups (broad SMARTS) is 2. The van der Waals surface area contributed by atoms with E-state index in [0.29, 0.717) is 18.7 Å². The maximum absolute atomic E-state index is 11.1. The average molecular weight is 269 g/mol.